The standard InChI is InChI=1S/C15H18N6O/c16-11-13-12-17-3-1-14(13)18-15-2-4-21(19-15)6-5-20-7-9-22-10-8-20/h1-4,12H,5-10H2,(H,17,18,19). The molecule has 0 radical (unpaired) electrons. The molecule has 1 saturated heterocycles. The van der Waals surface area contributed by atoms with E-state index in [0.29, 0.717) is 5.56 Å². The largest absolute Gasteiger partial charge is 0.379 e. The Labute approximate surface area is 129 Å². The molecule has 0 aromatic carbocycles. The maximum atomic E-state index is 9.06. The van der Waals surface area contributed by atoms with Crippen molar-refractivity contribution in [1.29, 1.82) is 5.26 Å². The van der Waals surface area contributed by atoms with Crippen molar-refractivity contribution < 1.29 is 4.74 Å². The zero-order valence-electron chi connectivity index (χ0n) is 12.3. The molecule has 22 heavy (non-hydrogen) atoms. The number of morpholine rings is 1. The zero-order valence-corrected chi connectivity index (χ0v) is 12.3. The summed E-state index contributed by atoms with van der Waals surface area (Å²) in [6.07, 6.45) is 5.13. The number of nitrogens with zero attached hydrogens (tertiary/aromatic N) is 5. The smallest absolute Gasteiger partial charge is 0.152 e. The lowest BCUT2D eigenvalue weighted by Gasteiger charge is -2.26. The number of nitriles is 1. The maximum Gasteiger partial charge on any atom is 0.152 e. The number of nitrogens with one attached hydrogen (secondary N) is 1. The van der Waals surface area contributed by atoms with E-state index < -0.39 is 0 Å². The molecule has 7 heteroatoms. The molecule has 1 N–H and O–H groups in total. The molecule has 0 aliphatic carbocycles. The lowest BCUT2D eigenvalue weighted by Crippen LogP contribution is -2.38. The molecule has 1 aliphatic rings. The highest BCUT2D eigenvalue weighted by atomic mass is 16.5. The third-order valence-corrected chi connectivity index (χ3v) is 3.59. The van der Waals surface area contributed by atoms with Crippen LogP contribution in [0.3, 0.4) is 0 Å². The van der Waals surface area contributed by atoms with E-state index >= 15 is 0 Å². The van der Waals surface area contributed by atoms with Gasteiger partial charge in [-0.2, -0.15) is 10.4 Å². The Balaban J connectivity index is 1.58. The molecular weight excluding hydrogens is 280 g/mol. The summed E-state index contributed by atoms with van der Waals surface area (Å²) in [7, 11) is 0. The number of aromatic nitrogens is 3. The molecule has 3 rings (SSSR count). The molecule has 114 valence electrons. The first-order chi connectivity index (χ1) is 10.8. The maximum absolute atomic E-state index is 9.06. The van der Waals surface area contributed by atoms with Crippen LogP contribution in [0.4, 0.5) is 11.5 Å². The second kappa shape index (κ2) is 7.02. The lowest BCUT2D eigenvalue weighted by molar-refractivity contribution is 0.0360. The van der Waals surface area contributed by atoms with Crippen molar-refractivity contribution in [3.05, 3.63) is 36.3 Å². The highest BCUT2D eigenvalue weighted by Gasteiger charge is 2.10. The van der Waals surface area contributed by atoms with E-state index in [1.807, 2.05) is 16.9 Å². The molecule has 0 saturated carbocycles. The van der Waals surface area contributed by atoms with Crippen LogP contribution in [0, 0.1) is 11.3 Å². The Morgan fingerprint density at radius 1 is 1.27 bits per heavy atom. The van der Waals surface area contributed by atoms with E-state index in [1.54, 1.807) is 12.3 Å². The first kappa shape index (κ1) is 14.5. The highest BCUT2D eigenvalue weighted by molar-refractivity contribution is 5.63. The molecule has 3 heterocycles. The van der Waals surface area contributed by atoms with E-state index in [2.05, 4.69) is 26.4 Å². The Bertz CT molecular complexity index is 656. The lowest BCUT2D eigenvalue weighted by atomic mass is 10.2. The first-order valence-electron chi connectivity index (χ1n) is 7.30. The number of hydrogen-bond donors (Lipinski definition) is 1. The predicted octanol–water partition coefficient (Wildman–Crippen LogP) is 1.23. The summed E-state index contributed by atoms with van der Waals surface area (Å²) in [5.74, 6) is 0.727. The van der Waals surface area contributed by atoms with Crippen LogP contribution in [0.25, 0.3) is 0 Å². The van der Waals surface area contributed by atoms with Gasteiger partial charge in [-0.25, -0.2) is 0 Å². The van der Waals surface area contributed by atoms with Gasteiger partial charge >= 0.3 is 0 Å². The summed E-state index contributed by atoms with van der Waals surface area (Å²) in [5, 5.41) is 16.7. The van der Waals surface area contributed by atoms with Crippen molar-refractivity contribution >= 4 is 11.5 Å². The molecule has 1 aliphatic heterocycles. The fourth-order valence-corrected chi connectivity index (χ4v) is 2.35. The molecule has 0 spiro atoms. The zero-order chi connectivity index (χ0) is 15.2. The van der Waals surface area contributed by atoms with Gasteiger partial charge in [0.15, 0.2) is 5.82 Å². The van der Waals surface area contributed by atoms with Gasteiger partial charge in [0.25, 0.3) is 0 Å². The Kier molecular flexibility index (Phi) is 4.63. The van der Waals surface area contributed by atoms with Crippen LogP contribution < -0.4 is 5.32 Å². The van der Waals surface area contributed by atoms with Crippen LogP contribution in [0.2, 0.25) is 0 Å². The van der Waals surface area contributed by atoms with Crippen molar-refractivity contribution in [2.75, 3.05) is 38.2 Å². The van der Waals surface area contributed by atoms with Crippen LogP contribution in [-0.2, 0) is 11.3 Å². The van der Waals surface area contributed by atoms with Crippen LogP contribution in [0.5, 0.6) is 0 Å². The highest BCUT2D eigenvalue weighted by Crippen LogP contribution is 2.17. The van der Waals surface area contributed by atoms with E-state index in [1.165, 1.54) is 6.20 Å². The minimum Gasteiger partial charge on any atom is -0.379 e. The quantitative estimate of drug-likeness (QED) is 0.894. The van der Waals surface area contributed by atoms with E-state index in [9.17, 15) is 0 Å². The SMILES string of the molecule is N#Cc1cnccc1Nc1ccn(CCN2CCOCC2)n1. The number of anilines is 2. The third-order valence-electron chi connectivity index (χ3n) is 3.59. The average Bonchev–Trinajstić information content (AvgIpc) is 3.02. The summed E-state index contributed by atoms with van der Waals surface area (Å²) in [5.41, 5.74) is 1.22. The molecule has 7 nitrogen and oxygen atoms in total. The van der Waals surface area contributed by atoms with Crippen molar-refractivity contribution in [3.8, 4) is 6.07 Å². The third kappa shape index (κ3) is 3.61. The van der Waals surface area contributed by atoms with Gasteiger partial charge in [-0.3, -0.25) is 14.6 Å². The molecule has 1 fully saturated rings. The minimum atomic E-state index is 0.505. The van der Waals surface area contributed by atoms with Gasteiger partial charge in [0.05, 0.1) is 31.0 Å². The number of pyridine rings is 1. The molecule has 2 aromatic heterocycles. The van der Waals surface area contributed by atoms with Gasteiger partial charge in [0, 0.05) is 44.3 Å². The molecule has 0 bridgehead atoms. The second-order valence-electron chi connectivity index (χ2n) is 5.08. The van der Waals surface area contributed by atoms with E-state index in [-0.39, 0.29) is 0 Å². The van der Waals surface area contributed by atoms with Gasteiger partial charge < -0.3 is 10.1 Å². The van der Waals surface area contributed by atoms with Crippen LogP contribution in [-0.4, -0.2) is 52.5 Å². The predicted molar refractivity (Wildman–Crippen MR) is 81.7 cm³/mol. The Hall–Kier alpha value is -2.43. The number of ether oxygens (including phenoxy) is 1. The van der Waals surface area contributed by atoms with Crippen molar-refractivity contribution in [2.45, 2.75) is 6.54 Å². The number of rotatable bonds is 5. The second-order valence-corrected chi connectivity index (χ2v) is 5.08. The Morgan fingerprint density at radius 2 is 2.14 bits per heavy atom. The fraction of sp³-hybridized carbons (Fsp3) is 0.400. The summed E-state index contributed by atoms with van der Waals surface area (Å²) in [4.78, 5) is 6.31. The molecule has 0 unspecified atom stereocenters. The van der Waals surface area contributed by atoms with Crippen molar-refractivity contribution in [3.63, 3.8) is 0 Å². The van der Waals surface area contributed by atoms with Gasteiger partial charge in [0.2, 0.25) is 0 Å². The topological polar surface area (TPSA) is 79.0 Å². The molecule has 0 atom stereocenters. The van der Waals surface area contributed by atoms with Crippen molar-refractivity contribution in [2.24, 2.45) is 0 Å². The van der Waals surface area contributed by atoms with Gasteiger partial charge in [-0.15, -0.1) is 0 Å². The fourth-order valence-electron chi connectivity index (χ4n) is 2.35. The summed E-state index contributed by atoms with van der Waals surface area (Å²) in [6.45, 7) is 5.38. The number of hydrogen-bond acceptors (Lipinski definition) is 6. The van der Waals surface area contributed by atoms with Gasteiger partial charge in [-0.05, 0) is 6.07 Å². The minimum absolute atomic E-state index is 0.505. The van der Waals surface area contributed by atoms with Crippen LogP contribution in [0.15, 0.2) is 30.7 Å². The first-order valence-corrected chi connectivity index (χ1v) is 7.30. The Morgan fingerprint density at radius 3 is 2.95 bits per heavy atom. The molecule has 2 aromatic rings. The van der Waals surface area contributed by atoms with E-state index in [0.717, 1.165) is 50.9 Å². The monoisotopic (exact) mass is 298 g/mol. The van der Waals surface area contributed by atoms with Crippen molar-refractivity contribution in [1.82, 2.24) is 19.7 Å². The van der Waals surface area contributed by atoms with E-state index in [4.69, 9.17) is 10.00 Å². The van der Waals surface area contributed by atoms with Crippen LogP contribution >= 0.6 is 0 Å². The summed E-state index contributed by atoms with van der Waals surface area (Å²) < 4.78 is 7.25. The van der Waals surface area contributed by atoms with Crippen LogP contribution in [0.1, 0.15) is 5.56 Å². The van der Waals surface area contributed by atoms with Gasteiger partial charge in [-0.1, -0.05) is 0 Å². The summed E-state index contributed by atoms with van der Waals surface area (Å²) >= 11 is 0. The normalized spacial score (nSPS) is 15.4. The molecule has 0 amide bonds. The molecular formula is C15H18N6O. The van der Waals surface area contributed by atoms with Gasteiger partial charge in [0.1, 0.15) is 6.07 Å². The summed E-state index contributed by atoms with van der Waals surface area (Å²) in [6, 6.07) is 5.79. The average molecular weight is 298 g/mol.